The molecule has 1 aromatic heterocycles. The zero-order valence-electron chi connectivity index (χ0n) is 11.6. The molecule has 2 rings (SSSR count). The highest BCUT2D eigenvalue weighted by Gasteiger charge is 2.26. The van der Waals surface area contributed by atoms with Gasteiger partial charge in [-0.05, 0) is 50.6 Å². The molecule has 3 heteroatoms. The molecule has 1 fully saturated rings. The van der Waals surface area contributed by atoms with Gasteiger partial charge in [-0.2, -0.15) is 0 Å². The second-order valence-corrected chi connectivity index (χ2v) is 5.24. The second kappa shape index (κ2) is 6.86. The molecule has 2 heterocycles. The number of likely N-dealkylation sites (tertiary alicyclic amines) is 1. The molecule has 0 saturated carbocycles. The Morgan fingerprint density at radius 1 is 1.39 bits per heavy atom. The Balaban J connectivity index is 1.99. The fourth-order valence-electron chi connectivity index (χ4n) is 2.96. The van der Waals surface area contributed by atoms with Crippen LogP contribution in [0.15, 0.2) is 24.5 Å². The van der Waals surface area contributed by atoms with E-state index in [1.54, 1.807) is 0 Å². The lowest BCUT2D eigenvalue weighted by Gasteiger charge is -2.39. The molecule has 0 aliphatic carbocycles. The Kier molecular flexibility index (Phi) is 5.14. The summed E-state index contributed by atoms with van der Waals surface area (Å²) in [5.74, 6) is 0. The Bertz CT molecular complexity index is 339. The fourth-order valence-corrected chi connectivity index (χ4v) is 2.96. The van der Waals surface area contributed by atoms with Crippen molar-refractivity contribution in [3.05, 3.63) is 30.1 Å². The number of nitrogens with zero attached hydrogens (tertiary/aromatic N) is 2. The summed E-state index contributed by atoms with van der Waals surface area (Å²) in [7, 11) is 0. The van der Waals surface area contributed by atoms with Crippen LogP contribution in [0, 0.1) is 0 Å². The number of aromatic nitrogens is 1. The van der Waals surface area contributed by atoms with Crippen molar-refractivity contribution in [2.45, 2.75) is 51.7 Å². The molecule has 1 saturated heterocycles. The summed E-state index contributed by atoms with van der Waals surface area (Å²) in [6.07, 6.45) is 7.80. The van der Waals surface area contributed by atoms with Crippen LogP contribution in [0.25, 0.3) is 0 Å². The summed E-state index contributed by atoms with van der Waals surface area (Å²) in [4.78, 5) is 6.72. The van der Waals surface area contributed by atoms with Gasteiger partial charge in [0.2, 0.25) is 0 Å². The standard InChI is InChI=1S/C15H25N3/c1-3-17-13(2)15-6-4-5-11-18(15)12-14-7-9-16-10-8-14/h7-10,13,15,17H,3-6,11-12H2,1-2H3. The van der Waals surface area contributed by atoms with Gasteiger partial charge in [0.15, 0.2) is 0 Å². The van der Waals surface area contributed by atoms with Crippen molar-refractivity contribution in [2.75, 3.05) is 13.1 Å². The summed E-state index contributed by atoms with van der Waals surface area (Å²) < 4.78 is 0. The average molecular weight is 247 g/mol. The minimum Gasteiger partial charge on any atom is -0.313 e. The highest BCUT2D eigenvalue weighted by atomic mass is 15.2. The maximum absolute atomic E-state index is 4.09. The maximum Gasteiger partial charge on any atom is 0.0271 e. The number of nitrogens with one attached hydrogen (secondary N) is 1. The third-order valence-electron chi connectivity index (χ3n) is 3.90. The summed E-state index contributed by atoms with van der Waals surface area (Å²) >= 11 is 0. The lowest BCUT2D eigenvalue weighted by molar-refractivity contribution is 0.112. The van der Waals surface area contributed by atoms with E-state index in [9.17, 15) is 0 Å². The van der Waals surface area contributed by atoms with Gasteiger partial charge in [0.25, 0.3) is 0 Å². The number of hydrogen-bond acceptors (Lipinski definition) is 3. The predicted molar refractivity (Wildman–Crippen MR) is 75.4 cm³/mol. The molecule has 2 atom stereocenters. The Morgan fingerprint density at radius 3 is 2.89 bits per heavy atom. The lowest BCUT2D eigenvalue weighted by Crippen LogP contribution is -2.50. The topological polar surface area (TPSA) is 28.2 Å². The van der Waals surface area contributed by atoms with E-state index in [4.69, 9.17) is 0 Å². The smallest absolute Gasteiger partial charge is 0.0271 e. The number of piperidine rings is 1. The molecule has 0 spiro atoms. The van der Waals surface area contributed by atoms with Crippen LogP contribution in [0.5, 0.6) is 0 Å². The van der Waals surface area contributed by atoms with Crippen LogP contribution in [-0.4, -0.2) is 35.1 Å². The van der Waals surface area contributed by atoms with Gasteiger partial charge >= 0.3 is 0 Å². The number of pyridine rings is 1. The molecule has 1 N–H and O–H groups in total. The van der Waals surface area contributed by atoms with Crippen molar-refractivity contribution in [1.82, 2.24) is 15.2 Å². The van der Waals surface area contributed by atoms with E-state index >= 15 is 0 Å². The van der Waals surface area contributed by atoms with Gasteiger partial charge in [-0.1, -0.05) is 13.3 Å². The highest BCUT2D eigenvalue weighted by molar-refractivity contribution is 5.10. The summed E-state index contributed by atoms with van der Waals surface area (Å²) in [5, 5.41) is 3.58. The normalized spacial score (nSPS) is 22.9. The molecule has 0 aromatic carbocycles. The number of likely N-dealkylation sites (N-methyl/N-ethyl adjacent to an activating group) is 1. The van der Waals surface area contributed by atoms with E-state index in [0.717, 1.165) is 13.1 Å². The van der Waals surface area contributed by atoms with E-state index < -0.39 is 0 Å². The molecule has 2 unspecified atom stereocenters. The molecule has 18 heavy (non-hydrogen) atoms. The molecule has 100 valence electrons. The first-order valence-electron chi connectivity index (χ1n) is 7.17. The quantitative estimate of drug-likeness (QED) is 0.866. The van der Waals surface area contributed by atoms with Crippen LogP contribution in [0.1, 0.15) is 38.7 Å². The van der Waals surface area contributed by atoms with E-state index in [2.05, 4.69) is 41.2 Å². The first kappa shape index (κ1) is 13.5. The summed E-state index contributed by atoms with van der Waals surface area (Å²) in [6.45, 7) is 7.85. The number of hydrogen-bond donors (Lipinski definition) is 1. The molecule has 0 radical (unpaired) electrons. The van der Waals surface area contributed by atoms with Crippen LogP contribution < -0.4 is 5.32 Å². The third-order valence-corrected chi connectivity index (χ3v) is 3.90. The van der Waals surface area contributed by atoms with E-state index in [0.29, 0.717) is 12.1 Å². The molecule has 1 aliphatic rings. The number of rotatable bonds is 5. The van der Waals surface area contributed by atoms with E-state index in [-0.39, 0.29) is 0 Å². The first-order chi connectivity index (χ1) is 8.81. The van der Waals surface area contributed by atoms with Crippen molar-refractivity contribution in [3.8, 4) is 0 Å². The predicted octanol–water partition coefficient (Wildman–Crippen LogP) is 2.43. The molecule has 0 amide bonds. The molecule has 3 nitrogen and oxygen atoms in total. The lowest BCUT2D eigenvalue weighted by atomic mass is 9.96. The van der Waals surface area contributed by atoms with E-state index in [1.165, 1.54) is 31.4 Å². The van der Waals surface area contributed by atoms with Gasteiger partial charge in [-0.3, -0.25) is 9.88 Å². The van der Waals surface area contributed by atoms with Gasteiger partial charge in [-0.25, -0.2) is 0 Å². The summed E-state index contributed by atoms with van der Waals surface area (Å²) in [5.41, 5.74) is 1.38. The van der Waals surface area contributed by atoms with Gasteiger partial charge < -0.3 is 5.32 Å². The van der Waals surface area contributed by atoms with Crippen molar-refractivity contribution in [3.63, 3.8) is 0 Å². The third kappa shape index (κ3) is 3.53. The van der Waals surface area contributed by atoms with Crippen molar-refractivity contribution < 1.29 is 0 Å². The van der Waals surface area contributed by atoms with Crippen LogP contribution in [0.3, 0.4) is 0 Å². The van der Waals surface area contributed by atoms with Crippen LogP contribution >= 0.6 is 0 Å². The van der Waals surface area contributed by atoms with E-state index in [1.807, 2.05) is 12.4 Å². The molecular weight excluding hydrogens is 222 g/mol. The highest BCUT2D eigenvalue weighted by Crippen LogP contribution is 2.21. The summed E-state index contributed by atoms with van der Waals surface area (Å²) in [6, 6.07) is 5.51. The maximum atomic E-state index is 4.09. The van der Waals surface area contributed by atoms with Crippen LogP contribution in [0.2, 0.25) is 0 Å². The van der Waals surface area contributed by atoms with Gasteiger partial charge in [-0.15, -0.1) is 0 Å². The monoisotopic (exact) mass is 247 g/mol. The molecular formula is C15H25N3. The SMILES string of the molecule is CCNC(C)C1CCCCN1Cc1ccncc1. The minimum atomic E-state index is 0.581. The fraction of sp³-hybridized carbons (Fsp3) is 0.667. The largest absolute Gasteiger partial charge is 0.313 e. The van der Waals surface area contributed by atoms with Crippen molar-refractivity contribution in [1.29, 1.82) is 0 Å². The first-order valence-corrected chi connectivity index (χ1v) is 7.17. The van der Waals surface area contributed by atoms with Gasteiger partial charge in [0.1, 0.15) is 0 Å². The van der Waals surface area contributed by atoms with Crippen LogP contribution in [-0.2, 0) is 6.54 Å². The van der Waals surface area contributed by atoms with Crippen LogP contribution in [0.4, 0.5) is 0 Å². The van der Waals surface area contributed by atoms with Crippen molar-refractivity contribution >= 4 is 0 Å². The van der Waals surface area contributed by atoms with Gasteiger partial charge in [0.05, 0.1) is 0 Å². The van der Waals surface area contributed by atoms with Gasteiger partial charge in [0, 0.05) is 31.0 Å². The minimum absolute atomic E-state index is 0.581. The zero-order chi connectivity index (χ0) is 12.8. The molecule has 1 aliphatic heterocycles. The Hall–Kier alpha value is -0.930. The second-order valence-electron chi connectivity index (χ2n) is 5.24. The Labute approximate surface area is 111 Å². The Morgan fingerprint density at radius 2 is 2.17 bits per heavy atom. The molecule has 1 aromatic rings. The van der Waals surface area contributed by atoms with Crippen molar-refractivity contribution in [2.24, 2.45) is 0 Å². The average Bonchev–Trinajstić information content (AvgIpc) is 2.41. The molecule has 0 bridgehead atoms. The zero-order valence-corrected chi connectivity index (χ0v) is 11.6.